The lowest BCUT2D eigenvalue weighted by molar-refractivity contribution is -0.143. The fourth-order valence-corrected chi connectivity index (χ4v) is 4.83. The van der Waals surface area contributed by atoms with E-state index >= 15 is 0 Å². The number of alkyl halides is 3. The number of aromatic nitrogens is 5. The molecule has 5 rings (SSSR count). The zero-order valence-electron chi connectivity index (χ0n) is 19.4. The molecule has 0 spiro atoms. The Bertz CT molecular complexity index is 1530. The van der Waals surface area contributed by atoms with E-state index in [1.165, 1.54) is 11.1 Å². The van der Waals surface area contributed by atoms with Crippen molar-refractivity contribution in [2.24, 2.45) is 14.1 Å². The number of aromatic amines is 1. The molecule has 1 N–H and O–H groups in total. The van der Waals surface area contributed by atoms with Gasteiger partial charge >= 0.3 is 6.18 Å². The minimum Gasteiger partial charge on any atom is -0.339 e. The second kappa shape index (κ2) is 8.61. The van der Waals surface area contributed by atoms with Gasteiger partial charge in [-0.25, -0.2) is 9.37 Å². The maximum Gasteiger partial charge on any atom is 0.431 e. The van der Waals surface area contributed by atoms with Crippen LogP contribution in [0.25, 0.3) is 22.3 Å². The Kier molecular flexibility index (Phi) is 5.68. The van der Waals surface area contributed by atoms with Crippen molar-refractivity contribution in [1.82, 2.24) is 29.2 Å². The van der Waals surface area contributed by atoms with Gasteiger partial charge in [0, 0.05) is 49.9 Å². The van der Waals surface area contributed by atoms with Crippen LogP contribution in [0.2, 0.25) is 0 Å². The first-order valence-corrected chi connectivity index (χ1v) is 11.3. The number of hydrogen-bond acceptors (Lipinski definition) is 4. The molecule has 188 valence electrons. The lowest BCUT2D eigenvalue weighted by atomic mass is 9.87. The molecule has 5 heterocycles. The maximum absolute atomic E-state index is 15.0. The van der Waals surface area contributed by atoms with E-state index in [0.717, 1.165) is 30.4 Å². The number of carbonyl (C=O) groups excluding carboxylic acids is 1. The fourth-order valence-electron chi connectivity index (χ4n) is 4.83. The van der Waals surface area contributed by atoms with Crippen molar-refractivity contribution < 1.29 is 22.4 Å². The molecule has 36 heavy (non-hydrogen) atoms. The highest BCUT2D eigenvalue weighted by Gasteiger charge is 2.35. The average Bonchev–Trinajstić information content (AvgIpc) is 3.46. The molecular formula is C24H22F4N6O2. The summed E-state index contributed by atoms with van der Waals surface area (Å²) in [7, 11) is 2.79. The predicted molar refractivity (Wildman–Crippen MR) is 123 cm³/mol. The number of fused-ring (bicyclic) bond motifs is 1. The lowest BCUT2D eigenvalue weighted by Gasteiger charge is -2.32. The monoisotopic (exact) mass is 502 g/mol. The number of halogens is 4. The number of rotatable bonds is 3. The van der Waals surface area contributed by atoms with Crippen LogP contribution in [0.5, 0.6) is 0 Å². The zero-order chi connectivity index (χ0) is 25.8. The molecule has 1 amide bonds. The molecule has 0 unspecified atom stereocenters. The van der Waals surface area contributed by atoms with Gasteiger partial charge in [-0.05, 0) is 37.0 Å². The third-order valence-electron chi connectivity index (χ3n) is 6.68. The summed E-state index contributed by atoms with van der Waals surface area (Å²) in [5, 5.41) is 4.80. The van der Waals surface area contributed by atoms with Crippen molar-refractivity contribution in [2.45, 2.75) is 24.9 Å². The number of aryl methyl sites for hydroxylation is 1. The number of carbonyl (C=O) groups is 1. The van der Waals surface area contributed by atoms with Gasteiger partial charge in [-0.1, -0.05) is 0 Å². The Morgan fingerprint density at radius 3 is 2.50 bits per heavy atom. The molecule has 12 heteroatoms. The van der Waals surface area contributed by atoms with Crippen LogP contribution in [0.1, 0.15) is 40.4 Å². The summed E-state index contributed by atoms with van der Waals surface area (Å²) in [5.74, 6) is -1.28. The summed E-state index contributed by atoms with van der Waals surface area (Å²) in [6.45, 7) is 0.466. The third kappa shape index (κ3) is 4.06. The molecule has 0 radical (unpaired) electrons. The molecule has 4 aromatic heterocycles. The topological polar surface area (TPSA) is 88.8 Å². The molecule has 0 aromatic carbocycles. The smallest absolute Gasteiger partial charge is 0.339 e. The van der Waals surface area contributed by atoms with E-state index in [9.17, 15) is 27.2 Å². The van der Waals surface area contributed by atoms with Crippen molar-refractivity contribution in [3.05, 3.63) is 69.8 Å². The summed E-state index contributed by atoms with van der Waals surface area (Å²) in [6.07, 6.45) is 0.840. The third-order valence-corrected chi connectivity index (χ3v) is 6.68. The molecular weight excluding hydrogens is 480 g/mol. The normalized spacial score (nSPS) is 15.1. The minimum atomic E-state index is -4.71. The van der Waals surface area contributed by atoms with E-state index < -0.39 is 29.2 Å². The van der Waals surface area contributed by atoms with Gasteiger partial charge in [0.25, 0.3) is 11.5 Å². The Hall–Kier alpha value is -3.96. The van der Waals surface area contributed by atoms with Crippen LogP contribution in [0.3, 0.4) is 0 Å². The van der Waals surface area contributed by atoms with E-state index in [4.69, 9.17) is 0 Å². The average molecular weight is 502 g/mol. The number of likely N-dealkylation sites (tertiary alicyclic amines) is 1. The highest BCUT2D eigenvalue weighted by atomic mass is 19.4. The van der Waals surface area contributed by atoms with Crippen molar-refractivity contribution in [3.63, 3.8) is 0 Å². The van der Waals surface area contributed by atoms with E-state index in [2.05, 4.69) is 15.1 Å². The van der Waals surface area contributed by atoms with Gasteiger partial charge in [0.2, 0.25) is 0 Å². The number of hydrogen-bond donors (Lipinski definition) is 1. The highest BCUT2D eigenvalue weighted by Crippen LogP contribution is 2.36. The van der Waals surface area contributed by atoms with Crippen molar-refractivity contribution >= 4 is 16.9 Å². The van der Waals surface area contributed by atoms with E-state index in [-0.39, 0.29) is 24.6 Å². The van der Waals surface area contributed by atoms with Crippen molar-refractivity contribution in [3.8, 4) is 11.3 Å². The Morgan fingerprint density at radius 2 is 1.86 bits per heavy atom. The van der Waals surface area contributed by atoms with Crippen molar-refractivity contribution in [1.29, 1.82) is 0 Å². The molecule has 1 fully saturated rings. The van der Waals surface area contributed by atoms with Gasteiger partial charge in [0.15, 0.2) is 0 Å². The molecule has 1 aliphatic heterocycles. The SMILES string of the molecule is Cn1cc(-c2cc3c(C4CCN(C(=O)c5ccc(C(F)(F)F)n(C)c5=O)CC4)c(F)cnc3[nH]2)cn1. The van der Waals surface area contributed by atoms with Crippen LogP contribution in [-0.4, -0.2) is 48.2 Å². The number of H-pyrrole nitrogens is 1. The van der Waals surface area contributed by atoms with Crippen LogP contribution < -0.4 is 5.56 Å². The second-order valence-corrected chi connectivity index (χ2v) is 8.93. The summed E-state index contributed by atoms with van der Waals surface area (Å²) < 4.78 is 56.3. The van der Waals surface area contributed by atoms with Gasteiger partial charge in [-0.15, -0.1) is 0 Å². The van der Waals surface area contributed by atoms with Crippen LogP contribution in [0, 0.1) is 5.82 Å². The van der Waals surface area contributed by atoms with E-state index in [1.807, 2.05) is 12.3 Å². The number of nitrogens with zero attached hydrogens (tertiary/aromatic N) is 5. The quantitative estimate of drug-likeness (QED) is 0.431. The Morgan fingerprint density at radius 1 is 1.14 bits per heavy atom. The largest absolute Gasteiger partial charge is 0.431 e. The van der Waals surface area contributed by atoms with Gasteiger partial charge in [0.1, 0.15) is 22.7 Å². The predicted octanol–water partition coefficient (Wildman–Crippen LogP) is 3.84. The first kappa shape index (κ1) is 23.8. The summed E-state index contributed by atoms with van der Waals surface area (Å²) in [5.41, 5.74) is 0.170. The van der Waals surface area contributed by atoms with Crippen LogP contribution in [0.4, 0.5) is 17.6 Å². The molecule has 0 bridgehead atoms. The van der Waals surface area contributed by atoms with Crippen LogP contribution in [-0.2, 0) is 20.3 Å². The minimum absolute atomic E-state index is 0.201. The molecule has 0 saturated carbocycles. The van der Waals surface area contributed by atoms with Crippen molar-refractivity contribution in [2.75, 3.05) is 13.1 Å². The standard InChI is InChI=1S/C24H22F4N6O2/c1-32-12-14(10-30-32)18-9-16-20(17(25)11-29-21(16)31-18)13-5-7-34(8-6-13)23(36)15-3-4-19(24(26,27)28)33(2)22(15)35/h3-4,9-13H,5-8H2,1-2H3,(H,29,31). The summed E-state index contributed by atoms with van der Waals surface area (Å²) in [4.78, 5) is 34.2. The summed E-state index contributed by atoms with van der Waals surface area (Å²) >= 11 is 0. The number of piperidine rings is 1. The second-order valence-electron chi connectivity index (χ2n) is 8.93. The lowest BCUT2D eigenvalue weighted by Crippen LogP contribution is -2.41. The van der Waals surface area contributed by atoms with Gasteiger partial charge < -0.3 is 14.5 Å². The zero-order valence-corrected chi connectivity index (χ0v) is 19.4. The molecule has 1 saturated heterocycles. The van der Waals surface area contributed by atoms with Crippen LogP contribution in [0.15, 0.2) is 41.6 Å². The highest BCUT2D eigenvalue weighted by molar-refractivity contribution is 5.94. The number of nitrogens with one attached hydrogen (secondary N) is 1. The van der Waals surface area contributed by atoms with Gasteiger partial charge in [0.05, 0.1) is 18.1 Å². The number of pyridine rings is 2. The van der Waals surface area contributed by atoms with Gasteiger partial charge in [-0.2, -0.15) is 18.3 Å². The summed E-state index contributed by atoms with van der Waals surface area (Å²) in [6, 6.07) is 3.49. The first-order valence-electron chi connectivity index (χ1n) is 11.3. The molecule has 1 aliphatic rings. The Labute approximate surface area is 202 Å². The molecule has 8 nitrogen and oxygen atoms in total. The fraction of sp³-hybridized carbons (Fsp3) is 0.333. The molecule has 4 aromatic rings. The molecule has 0 aliphatic carbocycles. The van der Waals surface area contributed by atoms with Crippen LogP contribution >= 0.6 is 0 Å². The maximum atomic E-state index is 15.0. The first-order chi connectivity index (χ1) is 17.0. The number of amides is 1. The van der Waals surface area contributed by atoms with E-state index in [0.29, 0.717) is 34.0 Å². The van der Waals surface area contributed by atoms with Gasteiger partial charge in [-0.3, -0.25) is 14.3 Å². The Balaban J connectivity index is 1.38. The van der Waals surface area contributed by atoms with E-state index in [1.54, 1.807) is 17.9 Å². The molecule has 0 atom stereocenters.